The first-order valence-corrected chi connectivity index (χ1v) is 7.58. The maximum absolute atomic E-state index is 13.8. The molecule has 1 atom stereocenters. The zero-order valence-electron chi connectivity index (χ0n) is 11.6. The van der Waals surface area contributed by atoms with Gasteiger partial charge in [-0.3, -0.25) is 0 Å². The van der Waals surface area contributed by atoms with Crippen LogP contribution in [0.25, 0.3) is 0 Å². The molecule has 20 heavy (non-hydrogen) atoms. The van der Waals surface area contributed by atoms with Crippen molar-refractivity contribution in [2.45, 2.75) is 32.7 Å². The number of benzene rings is 1. The Bertz CT molecular complexity index is 569. The number of nitrogens with zero attached hydrogens (tertiary/aromatic N) is 1. The monoisotopic (exact) mass is 296 g/mol. The van der Waals surface area contributed by atoms with Crippen molar-refractivity contribution in [1.82, 2.24) is 10.3 Å². The van der Waals surface area contributed by atoms with Gasteiger partial charge in [0, 0.05) is 5.38 Å². The highest BCUT2D eigenvalue weighted by Gasteiger charge is 2.17. The molecule has 1 aromatic heterocycles. The Labute approximate surface area is 121 Å². The third-order valence-corrected chi connectivity index (χ3v) is 3.88. The quantitative estimate of drug-likeness (QED) is 0.871. The minimum atomic E-state index is -0.800. The van der Waals surface area contributed by atoms with Crippen molar-refractivity contribution >= 4 is 11.3 Å². The van der Waals surface area contributed by atoms with Gasteiger partial charge < -0.3 is 5.32 Å². The molecule has 1 heterocycles. The normalized spacial score (nSPS) is 12.6. The second-order valence-electron chi connectivity index (χ2n) is 4.72. The predicted octanol–water partition coefficient (Wildman–Crippen LogP) is 4.01. The minimum Gasteiger partial charge on any atom is -0.308 e. The molecule has 0 aliphatic rings. The van der Waals surface area contributed by atoms with Crippen LogP contribution in [0.1, 0.15) is 35.7 Å². The van der Waals surface area contributed by atoms with Gasteiger partial charge in [-0.15, -0.1) is 11.3 Å². The van der Waals surface area contributed by atoms with Gasteiger partial charge in [0.1, 0.15) is 0 Å². The van der Waals surface area contributed by atoms with E-state index in [2.05, 4.69) is 17.2 Å². The Hall–Kier alpha value is -1.33. The van der Waals surface area contributed by atoms with Crippen molar-refractivity contribution in [1.29, 1.82) is 0 Å². The average molecular weight is 296 g/mol. The average Bonchev–Trinajstić information content (AvgIpc) is 2.86. The molecule has 1 N–H and O–H groups in total. The molecule has 2 nitrogen and oxygen atoms in total. The molecular weight excluding hydrogens is 278 g/mol. The maximum Gasteiger partial charge on any atom is 0.162 e. The van der Waals surface area contributed by atoms with Gasteiger partial charge in [-0.1, -0.05) is 19.1 Å². The molecule has 0 amide bonds. The smallest absolute Gasteiger partial charge is 0.162 e. The summed E-state index contributed by atoms with van der Waals surface area (Å²) in [6.07, 6.45) is 1.37. The van der Waals surface area contributed by atoms with Gasteiger partial charge in [-0.2, -0.15) is 0 Å². The number of halogens is 2. The number of hydrogen-bond acceptors (Lipinski definition) is 3. The van der Waals surface area contributed by atoms with Crippen molar-refractivity contribution < 1.29 is 8.78 Å². The Kier molecular flexibility index (Phi) is 5.20. The third kappa shape index (κ3) is 3.61. The topological polar surface area (TPSA) is 24.9 Å². The zero-order valence-corrected chi connectivity index (χ0v) is 12.4. The largest absolute Gasteiger partial charge is 0.308 e. The van der Waals surface area contributed by atoms with E-state index in [1.54, 1.807) is 17.4 Å². The number of aromatic nitrogens is 1. The van der Waals surface area contributed by atoms with E-state index < -0.39 is 11.6 Å². The van der Waals surface area contributed by atoms with Crippen LogP contribution in [0.4, 0.5) is 8.78 Å². The fraction of sp³-hybridized carbons (Fsp3) is 0.400. The molecule has 2 rings (SSSR count). The van der Waals surface area contributed by atoms with Crippen molar-refractivity contribution in [3.05, 3.63) is 51.5 Å². The Morgan fingerprint density at radius 2 is 2.15 bits per heavy atom. The lowest BCUT2D eigenvalue weighted by atomic mass is 10.0. The highest BCUT2D eigenvalue weighted by Crippen LogP contribution is 2.22. The molecule has 0 radical (unpaired) electrons. The van der Waals surface area contributed by atoms with Crippen molar-refractivity contribution in [3.63, 3.8) is 0 Å². The van der Waals surface area contributed by atoms with Gasteiger partial charge in [0.05, 0.1) is 16.7 Å². The third-order valence-electron chi connectivity index (χ3n) is 3.09. The number of nitrogens with one attached hydrogen (secondary N) is 1. The molecule has 0 saturated carbocycles. The van der Waals surface area contributed by atoms with E-state index in [1.807, 2.05) is 12.3 Å². The highest BCUT2D eigenvalue weighted by atomic mass is 32.1. The van der Waals surface area contributed by atoms with Crippen LogP contribution in [0.2, 0.25) is 0 Å². The fourth-order valence-corrected chi connectivity index (χ4v) is 2.73. The second-order valence-corrected chi connectivity index (χ2v) is 5.78. The maximum atomic E-state index is 13.8. The lowest BCUT2D eigenvalue weighted by Gasteiger charge is -2.17. The zero-order chi connectivity index (χ0) is 14.5. The van der Waals surface area contributed by atoms with Gasteiger partial charge in [0.15, 0.2) is 11.6 Å². The minimum absolute atomic E-state index is 0.0869. The molecule has 0 aliphatic heterocycles. The highest BCUT2D eigenvalue weighted by molar-refractivity contribution is 7.09. The Morgan fingerprint density at radius 3 is 2.80 bits per heavy atom. The van der Waals surface area contributed by atoms with Gasteiger partial charge in [-0.05, 0) is 37.9 Å². The Morgan fingerprint density at radius 1 is 1.35 bits per heavy atom. The molecule has 0 aliphatic carbocycles. The van der Waals surface area contributed by atoms with E-state index in [0.717, 1.165) is 29.7 Å². The summed E-state index contributed by atoms with van der Waals surface area (Å²) in [7, 11) is 0. The van der Waals surface area contributed by atoms with Crippen LogP contribution in [0.15, 0.2) is 23.6 Å². The SMILES string of the molecule is CCCNC(Cc1cccc(F)c1F)c1csc(C)n1. The molecule has 0 fully saturated rings. The Balaban J connectivity index is 2.21. The number of rotatable bonds is 6. The summed E-state index contributed by atoms with van der Waals surface area (Å²) in [5.41, 5.74) is 1.27. The summed E-state index contributed by atoms with van der Waals surface area (Å²) in [6, 6.07) is 4.21. The summed E-state index contributed by atoms with van der Waals surface area (Å²) in [5.74, 6) is -1.56. The van der Waals surface area contributed by atoms with E-state index >= 15 is 0 Å². The van der Waals surface area contributed by atoms with Crippen LogP contribution >= 0.6 is 11.3 Å². The van der Waals surface area contributed by atoms with E-state index in [0.29, 0.717) is 12.0 Å². The summed E-state index contributed by atoms with van der Waals surface area (Å²) < 4.78 is 27.1. The molecule has 5 heteroatoms. The van der Waals surface area contributed by atoms with Crippen LogP contribution in [-0.4, -0.2) is 11.5 Å². The number of aryl methyl sites for hydroxylation is 1. The van der Waals surface area contributed by atoms with Gasteiger partial charge >= 0.3 is 0 Å². The lowest BCUT2D eigenvalue weighted by Crippen LogP contribution is -2.25. The first-order chi connectivity index (χ1) is 9.61. The first kappa shape index (κ1) is 15.1. The van der Waals surface area contributed by atoms with E-state index in [-0.39, 0.29) is 6.04 Å². The van der Waals surface area contributed by atoms with E-state index in [1.165, 1.54) is 6.07 Å². The molecule has 0 saturated heterocycles. The van der Waals surface area contributed by atoms with Gasteiger partial charge in [0.25, 0.3) is 0 Å². The first-order valence-electron chi connectivity index (χ1n) is 6.70. The van der Waals surface area contributed by atoms with Crippen molar-refractivity contribution in [2.24, 2.45) is 0 Å². The van der Waals surface area contributed by atoms with Gasteiger partial charge in [0.2, 0.25) is 0 Å². The molecule has 0 bridgehead atoms. The second kappa shape index (κ2) is 6.90. The van der Waals surface area contributed by atoms with Crippen LogP contribution in [-0.2, 0) is 6.42 Å². The van der Waals surface area contributed by atoms with Gasteiger partial charge in [-0.25, -0.2) is 13.8 Å². The van der Waals surface area contributed by atoms with E-state index in [9.17, 15) is 8.78 Å². The fourth-order valence-electron chi connectivity index (χ4n) is 2.07. The summed E-state index contributed by atoms with van der Waals surface area (Å²) in [6.45, 7) is 4.82. The standard InChI is InChI=1S/C15H18F2N2S/c1-3-7-18-13(14-9-20-10(2)19-14)8-11-5-4-6-12(16)15(11)17/h4-6,9,13,18H,3,7-8H2,1-2H3. The number of hydrogen-bond donors (Lipinski definition) is 1. The molecule has 0 spiro atoms. The van der Waals surface area contributed by atoms with Crippen molar-refractivity contribution in [3.8, 4) is 0 Å². The summed E-state index contributed by atoms with van der Waals surface area (Å²) in [4.78, 5) is 4.45. The van der Waals surface area contributed by atoms with E-state index in [4.69, 9.17) is 0 Å². The number of thiazole rings is 1. The molecular formula is C15H18F2N2S. The molecule has 2 aromatic rings. The van der Waals surface area contributed by atoms with Crippen LogP contribution in [0, 0.1) is 18.6 Å². The summed E-state index contributed by atoms with van der Waals surface area (Å²) in [5, 5.41) is 6.30. The van der Waals surface area contributed by atoms with Crippen LogP contribution in [0.5, 0.6) is 0 Å². The predicted molar refractivity (Wildman–Crippen MR) is 77.9 cm³/mol. The van der Waals surface area contributed by atoms with Crippen LogP contribution in [0.3, 0.4) is 0 Å². The molecule has 1 aromatic carbocycles. The molecule has 108 valence electrons. The summed E-state index contributed by atoms with van der Waals surface area (Å²) >= 11 is 1.57. The lowest BCUT2D eigenvalue weighted by molar-refractivity contribution is 0.474. The molecule has 1 unspecified atom stereocenters. The van der Waals surface area contributed by atoms with Crippen LogP contribution < -0.4 is 5.32 Å². The van der Waals surface area contributed by atoms with Crippen molar-refractivity contribution in [2.75, 3.05) is 6.54 Å².